The van der Waals surface area contributed by atoms with Crippen molar-refractivity contribution in [2.45, 2.75) is 51.2 Å². The predicted octanol–water partition coefficient (Wildman–Crippen LogP) is 4.54. The minimum Gasteiger partial charge on any atom is -0.331 e. The fraction of sp³-hybridized carbons (Fsp3) is 0.381. The van der Waals surface area contributed by atoms with E-state index in [9.17, 15) is 4.79 Å². The maximum atomic E-state index is 13.1. The molecule has 4 heteroatoms. The molecule has 25 heavy (non-hydrogen) atoms. The van der Waals surface area contributed by atoms with E-state index < -0.39 is 0 Å². The molecule has 0 aliphatic heterocycles. The number of amides is 1. The molecule has 0 heterocycles. The van der Waals surface area contributed by atoms with Crippen molar-refractivity contribution in [3.05, 3.63) is 71.3 Å². The third-order valence-electron chi connectivity index (χ3n) is 4.91. The largest absolute Gasteiger partial charge is 0.331 e. The maximum absolute atomic E-state index is 13.1. The average Bonchev–Trinajstić information content (AvgIpc) is 2.67. The number of halogens is 1. The Morgan fingerprint density at radius 1 is 0.920 bits per heavy atom. The van der Waals surface area contributed by atoms with Crippen molar-refractivity contribution < 1.29 is 4.79 Å². The molecular weight excluding hydrogens is 332 g/mol. The van der Waals surface area contributed by atoms with Crippen LogP contribution in [0, 0.1) is 0 Å². The molecule has 0 atom stereocenters. The fourth-order valence-electron chi connectivity index (χ4n) is 3.49. The van der Waals surface area contributed by atoms with E-state index in [0.29, 0.717) is 19.1 Å². The van der Waals surface area contributed by atoms with E-state index in [4.69, 9.17) is 5.73 Å². The molecule has 1 saturated carbocycles. The second kappa shape index (κ2) is 9.59. The summed E-state index contributed by atoms with van der Waals surface area (Å²) in [4.78, 5) is 15.2. The highest BCUT2D eigenvalue weighted by Crippen LogP contribution is 2.25. The van der Waals surface area contributed by atoms with Crippen molar-refractivity contribution in [1.29, 1.82) is 0 Å². The van der Waals surface area contributed by atoms with Crippen molar-refractivity contribution in [3.63, 3.8) is 0 Å². The molecule has 0 saturated heterocycles. The van der Waals surface area contributed by atoms with Crippen LogP contribution in [0.25, 0.3) is 0 Å². The minimum atomic E-state index is 0. The van der Waals surface area contributed by atoms with Gasteiger partial charge in [0.15, 0.2) is 0 Å². The smallest absolute Gasteiger partial charge is 0.254 e. The number of carbonyl (C=O) groups excluding carboxylic acids is 1. The highest BCUT2D eigenvalue weighted by Gasteiger charge is 2.26. The number of hydrogen-bond donors (Lipinski definition) is 1. The summed E-state index contributed by atoms with van der Waals surface area (Å²) in [6.07, 6.45) is 5.94. The Morgan fingerprint density at radius 3 is 2.16 bits per heavy atom. The summed E-state index contributed by atoms with van der Waals surface area (Å²) >= 11 is 0. The number of nitrogens with two attached hydrogens (primary N) is 1. The second-order valence-corrected chi connectivity index (χ2v) is 6.61. The summed E-state index contributed by atoms with van der Waals surface area (Å²) in [5, 5.41) is 0. The van der Waals surface area contributed by atoms with Crippen molar-refractivity contribution in [2.24, 2.45) is 5.73 Å². The van der Waals surface area contributed by atoms with E-state index in [0.717, 1.165) is 24.0 Å². The van der Waals surface area contributed by atoms with E-state index in [1.807, 2.05) is 42.5 Å². The Labute approximate surface area is 156 Å². The number of carbonyl (C=O) groups is 1. The SMILES string of the molecule is Cl.NCc1ccc(C(=O)N(Cc2ccccc2)C2CCCCC2)cc1. The van der Waals surface area contributed by atoms with Crippen LogP contribution >= 0.6 is 12.4 Å². The lowest BCUT2D eigenvalue weighted by molar-refractivity contribution is 0.0614. The zero-order valence-electron chi connectivity index (χ0n) is 14.6. The number of rotatable bonds is 5. The highest BCUT2D eigenvalue weighted by atomic mass is 35.5. The van der Waals surface area contributed by atoms with Gasteiger partial charge in [-0.25, -0.2) is 0 Å². The van der Waals surface area contributed by atoms with Crippen LogP contribution in [0.5, 0.6) is 0 Å². The minimum absolute atomic E-state index is 0. The molecule has 0 aromatic heterocycles. The Hall–Kier alpha value is -1.84. The maximum Gasteiger partial charge on any atom is 0.254 e. The van der Waals surface area contributed by atoms with Crippen LogP contribution in [-0.2, 0) is 13.1 Å². The van der Waals surface area contributed by atoms with Crippen LogP contribution in [0.3, 0.4) is 0 Å². The lowest BCUT2D eigenvalue weighted by atomic mass is 9.93. The summed E-state index contributed by atoms with van der Waals surface area (Å²) in [6, 6.07) is 18.4. The van der Waals surface area contributed by atoms with Crippen LogP contribution < -0.4 is 5.73 Å². The Kier molecular flexibility index (Phi) is 7.48. The molecule has 0 spiro atoms. The lowest BCUT2D eigenvalue weighted by Gasteiger charge is -2.34. The van der Waals surface area contributed by atoms with Crippen LogP contribution in [0.1, 0.15) is 53.6 Å². The summed E-state index contributed by atoms with van der Waals surface area (Å²) in [5.41, 5.74) is 8.66. The molecule has 0 unspecified atom stereocenters. The first-order valence-corrected chi connectivity index (χ1v) is 8.92. The lowest BCUT2D eigenvalue weighted by Crippen LogP contribution is -2.41. The van der Waals surface area contributed by atoms with Crippen molar-refractivity contribution >= 4 is 18.3 Å². The summed E-state index contributed by atoms with van der Waals surface area (Å²) < 4.78 is 0. The zero-order valence-corrected chi connectivity index (χ0v) is 15.4. The van der Waals surface area contributed by atoms with Gasteiger partial charge in [-0.2, -0.15) is 0 Å². The Balaban J connectivity index is 0.00000225. The van der Waals surface area contributed by atoms with Crippen LogP contribution in [0.4, 0.5) is 0 Å². The van der Waals surface area contributed by atoms with Gasteiger partial charge in [-0.3, -0.25) is 4.79 Å². The van der Waals surface area contributed by atoms with E-state index in [1.54, 1.807) is 0 Å². The first kappa shape index (κ1) is 19.5. The molecule has 1 aliphatic carbocycles. The van der Waals surface area contributed by atoms with Gasteiger partial charge in [-0.05, 0) is 36.1 Å². The molecule has 1 amide bonds. The van der Waals surface area contributed by atoms with Gasteiger partial charge < -0.3 is 10.6 Å². The monoisotopic (exact) mass is 358 g/mol. The topological polar surface area (TPSA) is 46.3 Å². The standard InChI is InChI=1S/C21H26N2O.ClH/c22-15-17-11-13-19(14-12-17)21(24)23(20-9-5-2-6-10-20)16-18-7-3-1-4-8-18;/h1,3-4,7-8,11-14,20H,2,5-6,9-10,15-16,22H2;1H. The molecule has 0 bridgehead atoms. The first-order chi connectivity index (χ1) is 11.8. The van der Waals surface area contributed by atoms with Gasteiger partial charge in [0.2, 0.25) is 0 Å². The second-order valence-electron chi connectivity index (χ2n) is 6.61. The molecular formula is C21H27ClN2O. The van der Waals surface area contributed by atoms with Gasteiger partial charge >= 0.3 is 0 Å². The van der Waals surface area contributed by atoms with Crippen LogP contribution in [0.15, 0.2) is 54.6 Å². The first-order valence-electron chi connectivity index (χ1n) is 8.92. The average molecular weight is 359 g/mol. The number of benzene rings is 2. The molecule has 1 fully saturated rings. The quantitative estimate of drug-likeness (QED) is 0.852. The molecule has 2 aromatic rings. The summed E-state index contributed by atoms with van der Waals surface area (Å²) in [6.45, 7) is 1.19. The third kappa shape index (κ3) is 5.07. The van der Waals surface area contributed by atoms with E-state index in [2.05, 4.69) is 17.0 Å². The predicted molar refractivity (Wildman–Crippen MR) is 105 cm³/mol. The fourth-order valence-corrected chi connectivity index (χ4v) is 3.49. The van der Waals surface area contributed by atoms with Gasteiger partial charge in [0, 0.05) is 24.7 Å². The summed E-state index contributed by atoms with van der Waals surface area (Å²) in [7, 11) is 0. The van der Waals surface area contributed by atoms with Crippen LogP contribution in [0.2, 0.25) is 0 Å². The van der Waals surface area contributed by atoms with Gasteiger partial charge in [-0.15, -0.1) is 12.4 Å². The number of hydrogen-bond acceptors (Lipinski definition) is 2. The molecule has 1 aliphatic rings. The Morgan fingerprint density at radius 2 is 1.56 bits per heavy atom. The van der Waals surface area contributed by atoms with E-state index in [-0.39, 0.29) is 18.3 Å². The molecule has 3 rings (SSSR count). The number of nitrogens with zero attached hydrogens (tertiary/aromatic N) is 1. The van der Waals surface area contributed by atoms with Crippen LogP contribution in [-0.4, -0.2) is 16.8 Å². The highest BCUT2D eigenvalue weighted by molar-refractivity contribution is 5.94. The van der Waals surface area contributed by atoms with E-state index in [1.165, 1.54) is 24.8 Å². The molecule has 3 nitrogen and oxygen atoms in total. The third-order valence-corrected chi connectivity index (χ3v) is 4.91. The molecule has 2 N–H and O–H groups in total. The zero-order chi connectivity index (χ0) is 16.8. The van der Waals surface area contributed by atoms with Crippen molar-refractivity contribution in [3.8, 4) is 0 Å². The Bertz CT molecular complexity index is 651. The van der Waals surface area contributed by atoms with Gasteiger partial charge in [0.05, 0.1) is 0 Å². The molecule has 2 aromatic carbocycles. The van der Waals surface area contributed by atoms with Gasteiger partial charge in [0.1, 0.15) is 0 Å². The van der Waals surface area contributed by atoms with Crippen molar-refractivity contribution in [2.75, 3.05) is 0 Å². The summed E-state index contributed by atoms with van der Waals surface area (Å²) in [5.74, 6) is 0.134. The molecule has 134 valence electrons. The van der Waals surface area contributed by atoms with E-state index >= 15 is 0 Å². The van der Waals surface area contributed by atoms with Gasteiger partial charge in [-0.1, -0.05) is 61.7 Å². The normalized spacial score (nSPS) is 14.6. The van der Waals surface area contributed by atoms with Gasteiger partial charge in [0.25, 0.3) is 5.91 Å². The molecule has 0 radical (unpaired) electrons. The van der Waals surface area contributed by atoms with Crippen molar-refractivity contribution in [1.82, 2.24) is 4.90 Å².